The van der Waals surface area contributed by atoms with Crippen molar-refractivity contribution in [1.29, 1.82) is 0 Å². The van der Waals surface area contributed by atoms with Crippen molar-refractivity contribution in [3.63, 3.8) is 0 Å². The molecule has 3 atom stereocenters. The summed E-state index contributed by atoms with van der Waals surface area (Å²) in [6.07, 6.45) is 3.67. The Bertz CT molecular complexity index is 163. The third-order valence-corrected chi connectivity index (χ3v) is 3.02. The summed E-state index contributed by atoms with van der Waals surface area (Å²) in [5.74, 6) is 0.928. The van der Waals surface area contributed by atoms with E-state index in [0.717, 1.165) is 25.7 Å². The zero-order chi connectivity index (χ0) is 11.1. The van der Waals surface area contributed by atoms with Gasteiger partial charge >= 0.3 is 0 Å². The number of hydrogen-bond donors (Lipinski definition) is 3. The molecule has 0 heterocycles. The van der Waals surface area contributed by atoms with Crippen molar-refractivity contribution in [3.05, 3.63) is 0 Å². The normalized spacial score (nSPS) is 29.0. The van der Waals surface area contributed by atoms with Gasteiger partial charge in [-0.05, 0) is 31.1 Å². The molecule has 4 heteroatoms. The fourth-order valence-electron chi connectivity index (χ4n) is 2.14. The average Bonchev–Trinajstić information content (AvgIpc) is 2.29. The molecule has 0 radical (unpaired) electrons. The number of aliphatic hydroxyl groups excluding tert-OH is 3. The number of hydrogen-bond acceptors (Lipinski definition) is 4. The Morgan fingerprint density at radius 3 is 2.60 bits per heavy atom. The van der Waals surface area contributed by atoms with Gasteiger partial charge in [0.15, 0.2) is 0 Å². The van der Waals surface area contributed by atoms with Gasteiger partial charge in [-0.2, -0.15) is 0 Å². The van der Waals surface area contributed by atoms with Gasteiger partial charge in [0.05, 0.1) is 13.2 Å². The smallest absolute Gasteiger partial charge is 0.100 e. The van der Waals surface area contributed by atoms with Crippen LogP contribution in [0.25, 0.3) is 0 Å². The van der Waals surface area contributed by atoms with E-state index in [-0.39, 0.29) is 19.8 Å². The molecule has 1 rings (SSSR count). The highest BCUT2D eigenvalue weighted by Gasteiger charge is 2.21. The van der Waals surface area contributed by atoms with Crippen LogP contribution in [-0.2, 0) is 4.74 Å². The molecule has 1 aliphatic carbocycles. The van der Waals surface area contributed by atoms with E-state index in [9.17, 15) is 0 Å². The van der Waals surface area contributed by atoms with Crippen molar-refractivity contribution >= 4 is 0 Å². The Morgan fingerprint density at radius 2 is 1.93 bits per heavy atom. The average molecular weight is 218 g/mol. The Morgan fingerprint density at radius 1 is 1.20 bits per heavy atom. The zero-order valence-electron chi connectivity index (χ0n) is 9.14. The standard InChI is InChI=1S/C11H22O4/c12-5-9-2-1-3-10(4-9)7-15-8-11(14)6-13/h9-14H,1-8H2. The molecule has 0 bridgehead atoms. The topological polar surface area (TPSA) is 69.9 Å². The van der Waals surface area contributed by atoms with Crippen molar-refractivity contribution in [2.45, 2.75) is 31.8 Å². The molecular formula is C11H22O4. The summed E-state index contributed by atoms with van der Waals surface area (Å²) in [6.45, 7) is 0.865. The van der Waals surface area contributed by atoms with Gasteiger partial charge in [-0.25, -0.2) is 0 Å². The van der Waals surface area contributed by atoms with Gasteiger partial charge in [0, 0.05) is 13.2 Å². The quantitative estimate of drug-likeness (QED) is 0.594. The van der Waals surface area contributed by atoms with E-state index in [0.29, 0.717) is 18.4 Å². The first-order valence-electron chi connectivity index (χ1n) is 5.73. The Kier molecular flexibility index (Phi) is 6.17. The van der Waals surface area contributed by atoms with Gasteiger partial charge in [-0.1, -0.05) is 6.42 Å². The fourth-order valence-corrected chi connectivity index (χ4v) is 2.14. The SMILES string of the molecule is OCC(O)COCC1CCCC(CO)C1. The molecular weight excluding hydrogens is 196 g/mol. The van der Waals surface area contributed by atoms with E-state index in [4.69, 9.17) is 20.1 Å². The molecule has 0 aromatic heterocycles. The predicted octanol–water partition coefficient (Wildman–Crippen LogP) is 0.155. The minimum absolute atomic E-state index is 0.205. The minimum atomic E-state index is -0.762. The summed E-state index contributed by atoms with van der Waals surface area (Å²) in [4.78, 5) is 0. The summed E-state index contributed by atoms with van der Waals surface area (Å²) in [6, 6.07) is 0. The summed E-state index contributed by atoms with van der Waals surface area (Å²) < 4.78 is 5.33. The zero-order valence-corrected chi connectivity index (χ0v) is 9.14. The second-order valence-corrected chi connectivity index (χ2v) is 4.46. The van der Waals surface area contributed by atoms with Gasteiger partial charge in [-0.15, -0.1) is 0 Å². The lowest BCUT2D eigenvalue weighted by Crippen LogP contribution is -2.25. The number of ether oxygens (including phenoxy) is 1. The molecule has 1 saturated carbocycles. The number of aliphatic hydroxyl groups is 3. The molecule has 4 nitrogen and oxygen atoms in total. The first kappa shape index (κ1) is 12.9. The van der Waals surface area contributed by atoms with E-state index >= 15 is 0 Å². The van der Waals surface area contributed by atoms with Crippen LogP contribution in [0.4, 0.5) is 0 Å². The highest BCUT2D eigenvalue weighted by Crippen LogP contribution is 2.28. The largest absolute Gasteiger partial charge is 0.396 e. The van der Waals surface area contributed by atoms with Crippen LogP contribution in [-0.4, -0.2) is 47.9 Å². The Labute approximate surface area is 90.9 Å². The van der Waals surface area contributed by atoms with Crippen LogP contribution >= 0.6 is 0 Å². The summed E-state index contributed by atoms with van der Waals surface area (Å²) >= 11 is 0. The summed E-state index contributed by atoms with van der Waals surface area (Å²) in [5, 5.41) is 26.7. The van der Waals surface area contributed by atoms with Crippen molar-refractivity contribution in [3.8, 4) is 0 Å². The molecule has 3 unspecified atom stereocenters. The maximum absolute atomic E-state index is 9.07. The van der Waals surface area contributed by atoms with E-state index in [1.54, 1.807) is 0 Å². The lowest BCUT2D eigenvalue weighted by atomic mass is 9.82. The predicted molar refractivity (Wildman–Crippen MR) is 56.4 cm³/mol. The van der Waals surface area contributed by atoms with Crippen LogP contribution < -0.4 is 0 Å². The van der Waals surface area contributed by atoms with Crippen LogP contribution in [0.2, 0.25) is 0 Å². The molecule has 0 aromatic carbocycles. The van der Waals surface area contributed by atoms with E-state index in [1.807, 2.05) is 0 Å². The highest BCUT2D eigenvalue weighted by molar-refractivity contribution is 4.72. The lowest BCUT2D eigenvalue weighted by Gasteiger charge is -2.27. The molecule has 0 amide bonds. The third kappa shape index (κ3) is 4.93. The summed E-state index contributed by atoms with van der Waals surface area (Å²) in [5.41, 5.74) is 0. The highest BCUT2D eigenvalue weighted by atomic mass is 16.5. The maximum atomic E-state index is 9.07. The van der Waals surface area contributed by atoms with Crippen molar-refractivity contribution < 1.29 is 20.1 Å². The van der Waals surface area contributed by atoms with Crippen LogP contribution in [0, 0.1) is 11.8 Å². The van der Waals surface area contributed by atoms with Crippen LogP contribution in [0.15, 0.2) is 0 Å². The van der Waals surface area contributed by atoms with Crippen molar-refractivity contribution in [2.24, 2.45) is 11.8 Å². The third-order valence-electron chi connectivity index (χ3n) is 3.02. The molecule has 3 N–H and O–H groups in total. The van der Waals surface area contributed by atoms with Crippen LogP contribution in [0.3, 0.4) is 0 Å². The van der Waals surface area contributed by atoms with Gasteiger partial charge in [0.25, 0.3) is 0 Å². The molecule has 0 saturated heterocycles. The molecule has 90 valence electrons. The monoisotopic (exact) mass is 218 g/mol. The van der Waals surface area contributed by atoms with Gasteiger partial charge in [0.1, 0.15) is 6.10 Å². The Balaban J connectivity index is 2.10. The molecule has 15 heavy (non-hydrogen) atoms. The lowest BCUT2D eigenvalue weighted by molar-refractivity contribution is -0.0127. The molecule has 0 aliphatic heterocycles. The summed E-state index contributed by atoms with van der Waals surface area (Å²) in [7, 11) is 0. The Hall–Kier alpha value is -0.160. The van der Waals surface area contributed by atoms with Crippen molar-refractivity contribution in [2.75, 3.05) is 26.4 Å². The van der Waals surface area contributed by atoms with Gasteiger partial charge in [0.2, 0.25) is 0 Å². The van der Waals surface area contributed by atoms with Gasteiger partial charge < -0.3 is 20.1 Å². The fraction of sp³-hybridized carbons (Fsp3) is 1.00. The maximum Gasteiger partial charge on any atom is 0.100 e. The van der Waals surface area contributed by atoms with Crippen molar-refractivity contribution in [1.82, 2.24) is 0 Å². The van der Waals surface area contributed by atoms with E-state index in [1.165, 1.54) is 0 Å². The van der Waals surface area contributed by atoms with E-state index in [2.05, 4.69) is 0 Å². The molecule has 0 aromatic rings. The van der Waals surface area contributed by atoms with Crippen LogP contribution in [0.5, 0.6) is 0 Å². The molecule has 1 fully saturated rings. The van der Waals surface area contributed by atoms with E-state index < -0.39 is 6.10 Å². The molecule has 0 spiro atoms. The first-order valence-corrected chi connectivity index (χ1v) is 5.73. The second kappa shape index (κ2) is 7.17. The number of rotatable bonds is 6. The second-order valence-electron chi connectivity index (χ2n) is 4.46. The minimum Gasteiger partial charge on any atom is -0.396 e. The van der Waals surface area contributed by atoms with Crippen LogP contribution in [0.1, 0.15) is 25.7 Å². The first-order chi connectivity index (χ1) is 7.26. The van der Waals surface area contributed by atoms with Gasteiger partial charge in [-0.3, -0.25) is 0 Å². The molecule has 1 aliphatic rings.